The maximum atomic E-state index is 15.6. The largest absolute Gasteiger partial charge is 0.460 e. The standard InChI is InChI=1S/C103H160N14O32/c1-95(2,3)141-81(126)49-42-69(89(134)145-99(13,14)15)112-76(121)54-105-73(118)46-39-66(85(130)107-56-78(123)114-71(91(136)147-101(19,20)21)44-51-83(128)143-97(7,8)9)110-75(120)48-41-68(117-87(132)65(38-32-33-53-104-94(139)149-103(25,26)27)111-80(125)58-109-93(138)140-59-64-62-36-30-28-34-60(62)61-35-29-31-37-63(61)64)88(133)116-67(86(131)108-57-79(124)115-72(92(137)148-102(22,23)24)45-52-84(129)144-98(10,11)12)40-47-74(119)106-55-77(122)113-70(90(135)146-100(16,17)18)43-50-82(127)142-96(4,5)6/h28-31,34-37,64-72H,32-33,38-59H2,1-27H3,(H,104,139)(H,105,118)(H,106,119)(H,107,130)(H,108,131)(H,109,138)(H,110,120)(H,111,125)(H,112,121)(H,113,122)(H,114,123)(H,115,124)(H,116,133)(H,117,132). The van der Waals surface area contributed by atoms with E-state index in [-0.39, 0.29) is 64.5 Å². The molecule has 0 saturated heterocycles. The van der Waals surface area contributed by atoms with Crippen LogP contribution in [-0.4, -0.2) is 275 Å². The van der Waals surface area contributed by atoms with Crippen molar-refractivity contribution in [3.05, 3.63) is 59.7 Å². The molecule has 0 aromatic heterocycles. The summed E-state index contributed by atoms with van der Waals surface area (Å²) in [4.78, 5) is 305. The smallest absolute Gasteiger partial charge is 0.407 e. The number of fused-ring (bicyclic) bond motifs is 3. The molecule has 0 aliphatic heterocycles. The molecular weight excluding hydrogens is 1950 g/mol. The number of hydrogen-bond donors (Lipinski definition) is 14. The third-order valence-electron chi connectivity index (χ3n) is 19.9. The van der Waals surface area contributed by atoms with Crippen LogP contribution in [0.25, 0.3) is 11.1 Å². The van der Waals surface area contributed by atoms with Gasteiger partial charge in [0.2, 0.25) is 70.9 Å². The van der Waals surface area contributed by atoms with Crippen molar-refractivity contribution in [2.75, 3.05) is 45.9 Å². The van der Waals surface area contributed by atoms with Gasteiger partial charge < -0.3 is 122 Å². The quantitative estimate of drug-likeness (QED) is 0.0213. The van der Waals surface area contributed by atoms with Crippen molar-refractivity contribution in [1.82, 2.24) is 74.4 Å². The minimum absolute atomic E-state index is 0.0197. The highest BCUT2D eigenvalue weighted by molar-refractivity contribution is 5.98. The zero-order valence-electron chi connectivity index (χ0n) is 91.3. The highest BCUT2D eigenvalue weighted by Gasteiger charge is 2.39. The van der Waals surface area contributed by atoms with E-state index in [9.17, 15) is 95.9 Å². The number of ether oxygens (including phenoxy) is 10. The van der Waals surface area contributed by atoms with Crippen molar-refractivity contribution < 1.29 is 153 Å². The van der Waals surface area contributed by atoms with Gasteiger partial charge in [0.05, 0.1) is 26.2 Å². The fourth-order valence-electron chi connectivity index (χ4n) is 13.9. The number of carbonyl (C=O) groups excluding carboxylic acids is 22. The minimum atomic E-state index is -2.11. The first-order valence-electron chi connectivity index (χ1n) is 49.8. The molecule has 0 saturated carbocycles. The molecule has 149 heavy (non-hydrogen) atoms. The van der Waals surface area contributed by atoms with Gasteiger partial charge in [-0.2, -0.15) is 0 Å². The zero-order valence-corrected chi connectivity index (χ0v) is 91.3. The molecule has 834 valence electrons. The van der Waals surface area contributed by atoms with Crippen molar-refractivity contribution in [1.29, 1.82) is 0 Å². The Morgan fingerprint density at radius 1 is 0.235 bits per heavy atom. The van der Waals surface area contributed by atoms with Gasteiger partial charge >= 0.3 is 59.9 Å². The van der Waals surface area contributed by atoms with Crippen molar-refractivity contribution in [3.63, 3.8) is 0 Å². The van der Waals surface area contributed by atoms with Crippen LogP contribution in [0, 0.1) is 0 Å². The fourth-order valence-corrected chi connectivity index (χ4v) is 13.9. The van der Waals surface area contributed by atoms with E-state index in [1.54, 1.807) is 145 Å². The van der Waals surface area contributed by atoms with Gasteiger partial charge in [-0.05, 0) is 273 Å². The number of hydrogen-bond acceptors (Lipinski definition) is 32. The van der Waals surface area contributed by atoms with Gasteiger partial charge in [0.25, 0.3) is 0 Å². The molecule has 0 spiro atoms. The molecular formula is C103H160N14O32. The van der Waals surface area contributed by atoms with E-state index in [0.717, 1.165) is 22.3 Å². The lowest BCUT2D eigenvalue weighted by atomic mass is 9.98. The molecule has 8 atom stereocenters. The highest BCUT2D eigenvalue weighted by atomic mass is 16.6. The molecule has 14 N–H and O–H groups in total. The summed E-state index contributed by atoms with van der Waals surface area (Å²) in [6.45, 7) is 37.9. The van der Waals surface area contributed by atoms with Crippen LogP contribution in [0.3, 0.4) is 0 Å². The molecule has 0 bridgehead atoms. The summed E-state index contributed by atoms with van der Waals surface area (Å²) >= 11 is 0. The Kier molecular flexibility index (Phi) is 51.2. The first kappa shape index (κ1) is 130. The monoisotopic (exact) mass is 2110 g/mol. The predicted molar refractivity (Wildman–Crippen MR) is 540 cm³/mol. The second-order valence-electron chi connectivity index (χ2n) is 44.7. The van der Waals surface area contributed by atoms with Gasteiger partial charge in [-0.1, -0.05) is 48.5 Å². The van der Waals surface area contributed by atoms with Crippen LogP contribution in [0.5, 0.6) is 0 Å². The van der Waals surface area contributed by atoms with E-state index in [0.29, 0.717) is 0 Å². The summed E-state index contributed by atoms with van der Waals surface area (Å²) in [5.41, 5.74) is -5.58. The SMILES string of the molecule is CC(C)(C)OC(=O)CCC(NC(=O)CNC(=O)CCC(NC(=O)CCC(NC(=O)C(CCCCNC(=O)OC(C)(C)C)NC(=O)CNC(=O)OCC1c2ccccc2-c2ccccc21)C(=O)NC(CCC(=O)NCC(=O)NC(CCC(=O)OC(C)(C)C)C(=O)OC(C)(C)C)C(=O)NCC(=O)NC(CCC(=O)OC(C)(C)C)C(=O)OC(C)(C)C)C(=O)NCC(=O)NC(CCC(=O)OC(C)(C)C)C(=O)OC(C)(C)C)C(=O)OC(C)(C)C. The van der Waals surface area contributed by atoms with Crippen molar-refractivity contribution in [2.24, 2.45) is 0 Å². The second kappa shape index (κ2) is 58.9. The number of alkyl carbamates (subject to hydrolysis) is 2. The van der Waals surface area contributed by atoms with E-state index in [1.165, 1.54) is 41.5 Å². The number of carbonyl (C=O) groups is 22. The van der Waals surface area contributed by atoms with E-state index in [1.807, 2.05) is 48.5 Å². The molecule has 0 fully saturated rings. The summed E-state index contributed by atoms with van der Waals surface area (Å²) in [6, 6.07) is 1.19. The van der Waals surface area contributed by atoms with Crippen LogP contribution in [0.4, 0.5) is 9.59 Å². The Bertz CT molecular complexity index is 4950. The summed E-state index contributed by atoms with van der Waals surface area (Å²) in [5.74, 6) is -20.7. The van der Waals surface area contributed by atoms with Crippen molar-refractivity contribution in [3.8, 4) is 11.1 Å². The number of esters is 8. The molecule has 0 radical (unpaired) electrons. The van der Waals surface area contributed by atoms with E-state index >= 15 is 9.59 Å². The van der Waals surface area contributed by atoms with E-state index in [4.69, 9.17) is 47.4 Å². The third kappa shape index (κ3) is 57.5. The van der Waals surface area contributed by atoms with Gasteiger partial charge in [-0.3, -0.25) is 76.7 Å². The van der Waals surface area contributed by atoms with E-state index < -0.39 is 326 Å². The van der Waals surface area contributed by atoms with Gasteiger partial charge in [-0.25, -0.2) is 28.8 Å². The van der Waals surface area contributed by atoms with Crippen LogP contribution >= 0.6 is 0 Å². The average Bonchev–Trinajstić information content (AvgIpc) is 1.61. The molecule has 3 rings (SSSR count). The molecule has 1 aliphatic rings. The molecule has 14 amide bonds. The summed E-state index contributed by atoms with van der Waals surface area (Å²) in [7, 11) is 0. The summed E-state index contributed by atoms with van der Waals surface area (Å²) in [6.07, 6.45) is -10.0. The number of amides is 14. The first-order valence-corrected chi connectivity index (χ1v) is 49.8. The van der Waals surface area contributed by atoms with Gasteiger partial charge in [0, 0.05) is 57.4 Å². The van der Waals surface area contributed by atoms with Crippen molar-refractivity contribution in [2.45, 2.75) is 401 Å². The molecule has 0 heterocycles. The molecule has 2 aromatic carbocycles. The maximum absolute atomic E-state index is 15.6. The Hall–Kier alpha value is -13.6. The van der Waals surface area contributed by atoms with E-state index in [2.05, 4.69) is 74.4 Å². The van der Waals surface area contributed by atoms with Crippen LogP contribution in [0.1, 0.15) is 313 Å². The lowest BCUT2D eigenvalue weighted by Gasteiger charge is -2.26. The fraction of sp³-hybridized carbons (Fsp3) is 0.670. The third-order valence-corrected chi connectivity index (χ3v) is 19.9. The van der Waals surface area contributed by atoms with Gasteiger partial charge in [0.1, 0.15) is 112 Å². The number of benzene rings is 2. The number of unbranched alkanes of at least 4 members (excludes halogenated alkanes) is 1. The summed E-state index contributed by atoms with van der Waals surface area (Å²) < 4.78 is 54.8. The number of rotatable bonds is 54. The highest BCUT2D eigenvalue weighted by Crippen LogP contribution is 2.44. The van der Waals surface area contributed by atoms with Crippen LogP contribution < -0.4 is 74.4 Å². The van der Waals surface area contributed by atoms with Crippen molar-refractivity contribution >= 4 is 131 Å². The Morgan fingerprint density at radius 3 is 0.792 bits per heavy atom. The van der Waals surface area contributed by atoms with Gasteiger partial charge in [0.15, 0.2) is 0 Å². The Labute approximate surface area is 871 Å². The topological polar surface area (TPSA) is 636 Å². The molecule has 46 heteroatoms. The van der Waals surface area contributed by atoms with Crippen LogP contribution in [0.2, 0.25) is 0 Å². The molecule has 1 aliphatic carbocycles. The van der Waals surface area contributed by atoms with Crippen LogP contribution in [0.15, 0.2) is 48.5 Å². The Balaban J connectivity index is 2.34. The van der Waals surface area contributed by atoms with Crippen LogP contribution in [-0.2, 0) is 143 Å². The average molecular weight is 2110 g/mol. The zero-order chi connectivity index (χ0) is 113. The Morgan fingerprint density at radius 2 is 0.483 bits per heavy atom. The summed E-state index contributed by atoms with van der Waals surface area (Å²) in [5, 5.41) is 33.9. The molecule has 46 nitrogen and oxygen atoms in total. The second-order valence-corrected chi connectivity index (χ2v) is 44.7. The molecule has 2 aromatic rings. The molecule has 8 unspecified atom stereocenters. The maximum Gasteiger partial charge on any atom is 0.407 e. The number of nitrogens with one attached hydrogen (secondary N) is 14. The minimum Gasteiger partial charge on any atom is -0.460 e. The lowest BCUT2D eigenvalue weighted by Crippen LogP contribution is -2.58. The predicted octanol–water partition coefficient (Wildman–Crippen LogP) is 5.76. The van der Waals surface area contributed by atoms with Gasteiger partial charge in [-0.15, -0.1) is 0 Å². The lowest BCUT2D eigenvalue weighted by molar-refractivity contribution is -0.161. The first-order chi connectivity index (χ1) is 68.5. The normalized spacial score (nSPS) is 13.8.